The molecule has 86 valence electrons. The average molecular weight is 212 g/mol. The third kappa shape index (κ3) is 3.66. The molecule has 4 nitrogen and oxygen atoms in total. The van der Waals surface area contributed by atoms with E-state index in [2.05, 4.69) is 12.2 Å². The molecule has 0 radical (unpaired) electrons. The lowest BCUT2D eigenvalue weighted by Gasteiger charge is -2.13. The van der Waals surface area contributed by atoms with E-state index in [1.165, 1.54) is 0 Å². The standard InChI is InChI=1S/C11H20N2O2/c1-2-9-4-5-11(15-9)10(8-12)13-6-3-7-14/h4-5,10,13-14H,2-3,6-8,12H2,1H3. The van der Waals surface area contributed by atoms with Crippen LogP contribution in [0.5, 0.6) is 0 Å². The van der Waals surface area contributed by atoms with Crippen molar-refractivity contribution < 1.29 is 9.52 Å². The van der Waals surface area contributed by atoms with Crippen molar-refractivity contribution in [3.05, 3.63) is 23.7 Å². The fourth-order valence-electron chi connectivity index (χ4n) is 1.43. The van der Waals surface area contributed by atoms with Crippen LogP contribution in [0.4, 0.5) is 0 Å². The van der Waals surface area contributed by atoms with E-state index in [4.69, 9.17) is 15.3 Å². The molecule has 0 aliphatic carbocycles. The number of aryl methyl sites for hydroxylation is 1. The number of nitrogens with one attached hydrogen (secondary N) is 1. The van der Waals surface area contributed by atoms with Gasteiger partial charge < -0.3 is 20.6 Å². The fraction of sp³-hybridized carbons (Fsp3) is 0.636. The lowest BCUT2D eigenvalue weighted by molar-refractivity contribution is 0.280. The summed E-state index contributed by atoms with van der Waals surface area (Å²) in [6.07, 6.45) is 1.63. The van der Waals surface area contributed by atoms with Crippen molar-refractivity contribution >= 4 is 0 Å². The molecule has 1 atom stereocenters. The van der Waals surface area contributed by atoms with Crippen molar-refractivity contribution in [3.8, 4) is 0 Å². The van der Waals surface area contributed by atoms with Gasteiger partial charge in [-0.05, 0) is 25.1 Å². The largest absolute Gasteiger partial charge is 0.464 e. The summed E-state index contributed by atoms with van der Waals surface area (Å²) in [5.41, 5.74) is 5.65. The Morgan fingerprint density at radius 1 is 1.53 bits per heavy atom. The van der Waals surface area contributed by atoms with Gasteiger partial charge in [0.1, 0.15) is 11.5 Å². The molecule has 0 aromatic carbocycles. The van der Waals surface area contributed by atoms with Gasteiger partial charge in [-0.1, -0.05) is 6.92 Å². The van der Waals surface area contributed by atoms with Crippen LogP contribution in [0.15, 0.2) is 16.5 Å². The van der Waals surface area contributed by atoms with Crippen LogP contribution < -0.4 is 11.1 Å². The summed E-state index contributed by atoms with van der Waals surface area (Å²) in [4.78, 5) is 0. The molecule has 4 heteroatoms. The number of aliphatic hydroxyl groups excluding tert-OH is 1. The van der Waals surface area contributed by atoms with Gasteiger partial charge in [0.2, 0.25) is 0 Å². The van der Waals surface area contributed by atoms with Gasteiger partial charge >= 0.3 is 0 Å². The van der Waals surface area contributed by atoms with E-state index in [-0.39, 0.29) is 12.6 Å². The molecule has 1 unspecified atom stereocenters. The number of hydrogen-bond donors (Lipinski definition) is 3. The fourth-order valence-corrected chi connectivity index (χ4v) is 1.43. The number of aliphatic hydroxyl groups is 1. The van der Waals surface area contributed by atoms with Crippen LogP contribution in [-0.4, -0.2) is 24.8 Å². The first-order chi connectivity index (χ1) is 7.31. The van der Waals surface area contributed by atoms with Crippen LogP contribution >= 0.6 is 0 Å². The van der Waals surface area contributed by atoms with Crippen LogP contribution in [0.1, 0.15) is 30.9 Å². The van der Waals surface area contributed by atoms with E-state index in [0.29, 0.717) is 6.54 Å². The second-order valence-corrected chi connectivity index (χ2v) is 3.48. The van der Waals surface area contributed by atoms with Crippen LogP contribution in [-0.2, 0) is 6.42 Å². The lowest BCUT2D eigenvalue weighted by Crippen LogP contribution is -2.29. The lowest BCUT2D eigenvalue weighted by atomic mass is 10.2. The molecule has 0 saturated carbocycles. The zero-order valence-electron chi connectivity index (χ0n) is 9.20. The number of nitrogens with two attached hydrogens (primary N) is 1. The molecule has 0 fully saturated rings. The molecular weight excluding hydrogens is 192 g/mol. The molecule has 0 bridgehead atoms. The Hall–Kier alpha value is -0.840. The van der Waals surface area contributed by atoms with Gasteiger partial charge in [0.05, 0.1) is 6.04 Å². The van der Waals surface area contributed by atoms with Gasteiger partial charge in [-0.25, -0.2) is 0 Å². The smallest absolute Gasteiger partial charge is 0.122 e. The first-order valence-electron chi connectivity index (χ1n) is 5.44. The molecule has 1 heterocycles. The molecular formula is C11H20N2O2. The summed E-state index contributed by atoms with van der Waals surface area (Å²) in [6, 6.07) is 3.99. The number of furan rings is 1. The maximum absolute atomic E-state index is 8.67. The Bertz CT molecular complexity index is 273. The summed E-state index contributed by atoms with van der Waals surface area (Å²) in [5, 5.41) is 11.9. The first-order valence-corrected chi connectivity index (χ1v) is 5.44. The maximum atomic E-state index is 8.67. The molecule has 1 aromatic heterocycles. The summed E-state index contributed by atoms with van der Waals surface area (Å²) in [7, 11) is 0. The highest BCUT2D eigenvalue weighted by atomic mass is 16.3. The minimum absolute atomic E-state index is 0.0526. The van der Waals surface area contributed by atoms with Gasteiger partial charge in [-0.3, -0.25) is 0 Å². The van der Waals surface area contributed by atoms with E-state index in [9.17, 15) is 0 Å². The van der Waals surface area contributed by atoms with E-state index < -0.39 is 0 Å². The minimum atomic E-state index is 0.0526. The molecule has 1 rings (SSSR count). The van der Waals surface area contributed by atoms with Gasteiger partial charge in [0.25, 0.3) is 0 Å². The molecule has 0 aliphatic heterocycles. The number of rotatable bonds is 7. The highest BCUT2D eigenvalue weighted by molar-refractivity contribution is 5.11. The Morgan fingerprint density at radius 3 is 2.87 bits per heavy atom. The Kier molecular flexibility index (Phi) is 5.39. The zero-order valence-corrected chi connectivity index (χ0v) is 9.20. The van der Waals surface area contributed by atoms with Crippen molar-refractivity contribution in [3.63, 3.8) is 0 Å². The van der Waals surface area contributed by atoms with Gasteiger partial charge in [-0.2, -0.15) is 0 Å². The topological polar surface area (TPSA) is 71.4 Å². The van der Waals surface area contributed by atoms with Gasteiger partial charge in [-0.15, -0.1) is 0 Å². The van der Waals surface area contributed by atoms with E-state index in [1.807, 2.05) is 12.1 Å². The van der Waals surface area contributed by atoms with Crippen molar-refractivity contribution in [2.45, 2.75) is 25.8 Å². The van der Waals surface area contributed by atoms with Gasteiger partial charge in [0.15, 0.2) is 0 Å². The predicted octanol–water partition coefficient (Wildman–Crippen LogP) is 0.814. The Balaban J connectivity index is 2.49. The minimum Gasteiger partial charge on any atom is -0.464 e. The molecule has 0 amide bonds. The van der Waals surface area contributed by atoms with E-state index in [1.54, 1.807) is 0 Å². The number of hydrogen-bond acceptors (Lipinski definition) is 4. The Morgan fingerprint density at radius 2 is 2.33 bits per heavy atom. The molecule has 0 spiro atoms. The summed E-state index contributed by atoms with van der Waals surface area (Å²) >= 11 is 0. The third-order valence-electron chi connectivity index (χ3n) is 2.34. The molecule has 15 heavy (non-hydrogen) atoms. The predicted molar refractivity (Wildman–Crippen MR) is 59.6 cm³/mol. The third-order valence-corrected chi connectivity index (χ3v) is 2.34. The first kappa shape index (κ1) is 12.2. The van der Waals surface area contributed by atoms with Gasteiger partial charge in [0, 0.05) is 19.6 Å². The van der Waals surface area contributed by atoms with Crippen LogP contribution in [0.3, 0.4) is 0 Å². The maximum Gasteiger partial charge on any atom is 0.122 e. The quantitative estimate of drug-likeness (QED) is 0.585. The summed E-state index contributed by atoms with van der Waals surface area (Å²) < 4.78 is 5.61. The Labute approximate surface area is 90.5 Å². The van der Waals surface area contributed by atoms with Crippen LogP contribution in [0.25, 0.3) is 0 Å². The zero-order chi connectivity index (χ0) is 11.1. The SMILES string of the molecule is CCc1ccc(C(CN)NCCCO)o1. The molecule has 0 saturated heterocycles. The van der Waals surface area contributed by atoms with Crippen molar-refractivity contribution in [2.24, 2.45) is 5.73 Å². The molecule has 1 aromatic rings. The van der Waals surface area contributed by atoms with Crippen molar-refractivity contribution in [1.82, 2.24) is 5.32 Å². The average Bonchev–Trinajstić information content (AvgIpc) is 2.73. The normalized spacial score (nSPS) is 13.0. The van der Waals surface area contributed by atoms with E-state index >= 15 is 0 Å². The van der Waals surface area contributed by atoms with Crippen LogP contribution in [0, 0.1) is 0 Å². The van der Waals surface area contributed by atoms with Crippen LogP contribution in [0.2, 0.25) is 0 Å². The molecule has 4 N–H and O–H groups in total. The summed E-state index contributed by atoms with van der Waals surface area (Å²) in [6.45, 7) is 3.50. The second-order valence-electron chi connectivity index (χ2n) is 3.48. The molecule has 0 aliphatic rings. The van der Waals surface area contributed by atoms with Crippen molar-refractivity contribution in [2.75, 3.05) is 19.7 Å². The van der Waals surface area contributed by atoms with E-state index in [0.717, 1.165) is 30.9 Å². The second kappa shape index (κ2) is 6.61. The van der Waals surface area contributed by atoms with Crippen molar-refractivity contribution in [1.29, 1.82) is 0 Å². The summed E-state index contributed by atoms with van der Waals surface area (Å²) in [5.74, 6) is 1.86. The highest BCUT2D eigenvalue weighted by Gasteiger charge is 2.12. The monoisotopic (exact) mass is 212 g/mol. The highest BCUT2D eigenvalue weighted by Crippen LogP contribution is 2.16.